The van der Waals surface area contributed by atoms with Crippen LogP contribution in [0, 0.1) is 6.92 Å². The molecule has 6 heteroatoms. The van der Waals surface area contributed by atoms with Gasteiger partial charge in [-0.1, -0.05) is 18.2 Å². The number of carbonyl (C=O) groups is 3. The zero-order valence-electron chi connectivity index (χ0n) is 14.0. The van der Waals surface area contributed by atoms with Crippen LogP contribution in [0.1, 0.15) is 36.6 Å². The number of aliphatic hydroxyl groups excluding tert-OH is 1. The van der Waals surface area contributed by atoms with Crippen LogP contribution in [0.3, 0.4) is 0 Å². The molecule has 2 aromatic carbocycles. The van der Waals surface area contributed by atoms with Gasteiger partial charge in [-0.2, -0.15) is 0 Å². The highest BCUT2D eigenvalue weighted by Crippen LogP contribution is 2.29. The Balaban J connectivity index is 1.99. The van der Waals surface area contributed by atoms with Gasteiger partial charge in [-0.25, -0.2) is 0 Å². The van der Waals surface area contributed by atoms with Crippen LogP contribution in [0.25, 0.3) is 11.1 Å². The number of aliphatic hydroxyl groups is 1. The van der Waals surface area contributed by atoms with Crippen LogP contribution in [0.2, 0.25) is 0 Å². The van der Waals surface area contributed by atoms with Crippen molar-refractivity contribution < 1.29 is 19.5 Å². The summed E-state index contributed by atoms with van der Waals surface area (Å²) >= 11 is 0. The molecular weight excluding hydrogens is 320 g/mol. The normalized spacial score (nSPS) is 13.2. The van der Waals surface area contributed by atoms with Crippen LogP contribution in [0.15, 0.2) is 36.4 Å². The van der Waals surface area contributed by atoms with Gasteiger partial charge >= 0.3 is 0 Å². The summed E-state index contributed by atoms with van der Waals surface area (Å²) in [5.74, 6) is -0.931. The molecular formula is C19H18N2O4. The molecule has 25 heavy (non-hydrogen) atoms. The summed E-state index contributed by atoms with van der Waals surface area (Å²) in [5, 5.41) is 11.6. The lowest BCUT2D eigenvalue weighted by molar-refractivity contribution is 0.0624. The number of fused-ring (bicyclic) bond motifs is 1. The van der Waals surface area contributed by atoms with Crippen LogP contribution < -0.4 is 5.32 Å². The van der Waals surface area contributed by atoms with E-state index in [1.165, 1.54) is 0 Å². The molecule has 0 bridgehead atoms. The van der Waals surface area contributed by atoms with E-state index in [4.69, 9.17) is 5.11 Å². The van der Waals surface area contributed by atoms with Crippen LogP contribution in [0.5, 0.6) is 0 Å². The predicted molar refractivity (Wildman–Crippen MR) is 92.5 cm³/mol. The molecule has 0 saturated heterocycles. The monoisotopic (exact) mass is 338 g/mol. The summed E-state index contributed by atoms with van der Waals surface area (Å²) < 4.78 is 0. The zero-order valence-corrected chi connectivity index (χ0v) is 14.0. The highest BCUT2D eigenvalue weighted by Gasteiger charge is 2.35. The summed E-state index contributed by atoms with van der Waals surface area (Å²) in [6.45, 7) is 1.57. The van der Waals surface area contributed by atoms with E-state index in [-0.39, 0.29) is 25.0 Å². The average Bonchev–Trinajstić information content (AvgIpc) is 2.86. The maximum absolute atomic E-state index is 12.4. The van der Waals surface area contributed by atoms with Crippen molar-refractivity contribution in [3.63, 3.8) is 0 Å². The maximum Gasteiger partial charge on any atom is 0.261 e. The highest BCUT2D eigenvalue weighted by atomic mass is 16.3. The minimum atomic E-state index is -0.394. The Morgan fingerprint density at radius 2 is 1.68 bits per heavy atom. The molecule has 0 atom stereocenters. The number of nitrogens with zero attached hydrogens (tertiary/aromatic N) is 1. The summed E-state index contributed by atoms with van der Waals surface area (Å²) in [5.41, 5.74) is 3.74. The van der Waals surface area contributed by atoms with E-state index in [9.17, 15) is 14.4 Å². The number of nitrogens with one attached hydrogen (secondary N) is 1. The smallest absolute Gasteiger partial charge is 0.261 e. The molecule has 0 fully saturated rings. The van der Waals surface area contributed by atoms with Crippen LogP contribution >= 0.6 is 0 Å². The van der Waals surface area contributed by atoms with Crippen molar-refractivity contribution in [1.82, 2.24) is 10.2 Å². The van der Waals surface area contributed by atoms with Crippen molar-refractivity contribution in [3.05, 3.63) is 58.7 Å². The van der Waals surface area contributed by atoms with Crippen LogP contribution in [-0.2, 0) is 0 Å². The first-order chi connectivity index (χ1) is 12.0. The van der Waals surface area contributed by atoms with Gasteiger partial charge in [-0.05, 0) is 41.8 Å². The summed E-state index contributed by atoms with van der Waals surface area (Å²) in [4.78, 5) is 37.4. The van der Waals surface area contributed by atoms with E-state index >= 15 is 0 Å². The summed E-state index contributed by atoms with van der Waals surface area (Å²) in [6.07, 6.45) is 0. The largest absolute Gasteiger partial charge is 0.395 e. The van der Waals surface area contributed by atoms with Gasteiger partial charge in [0.1, 0.15) is 0 Å². The van der Waals surface area contributed by atoms with Gasteiger partial charge in [0, 0.05) is 12.6 Å². The zero-order chi connectivity index (χ0) is 18.1. The Morgan fingerprint density at radius 3 is 2.32 bits per heavy atom. The van der Waals surface area contributed by atoms with Crippen molar-refractivity contribution in [3.8, 4) is 11.1 Å². The standard InChI is InChI=1S/C19H18N2O4/c1-11-9-12(3-5-14(11)17(23)20-2)13-4-6-15-16(10-13)19(25)21(7-8-22)18(15)24/h3-6,9-10,22H,7-8H2,1-2H3,(H,20,23). The van der Waals surface area contributed by atoms with Gasteiger partial charge in [0.15, 0.2) is 0 Å². The molecule has 0 unspecified atom stereocenters. The molecule has 128 valence electrons. The van der Waals surface area contributed by atoms with Crippen LogP contribution in [-0.4, -0.2) is 47.9 Å². The van der Waals surface area contributed by atoms with E-state index in [2.05, 4.69) is 5.32 Å². The molecule has 3 amide bonds. The van der Waals surface area contributed by atoms with Crippen molar-refractivity contribution >= 4 is 17.7 Å². The third-order valence-electron chi connectivity index (χ3n) is 4.33. The fourth-order valence-electron chi connectivity index (χ4n) is 3.01. The van der Waals surface area contributed by atoms with Gasteiger partial charge in [0.05, 0.1) is 24.3 Å². The number of aryl methyl sites for hydroxylation is 1. The van der Waals surface area contributed by atoms with Crippen molar-refractivity contribution in [1.29, 1.82) is 0 Å². The number of hydrogen-bond donors (Lipinski definition) is 2. The first-order valence-corrected chi connectivity index (χ1v) is 7.92. The highest BCUT2D eigenvalue weighted by molar-refractivity contribution is 6.21. The Labute approximate surface area is 145 Å². The number of hydrogen-bond acceptors (Lipinski definition) is 4. The molecule has 0 spiro atoms. The number of rotatable bonds is 4. The molecule has 1 heterocycles. The fraction of sp³-hybridized carbons (Fsp3) is 0.211. The predicted octanol–water partition coefficient (Wildman–Crippen LogP) is 1.61. The minimum Gasteiger partial charge on any atom is -0.395 e. The Hall–Kier alpha value is -2.99. The molecule has 3 rings (SSSR count). The SMILES string of the molecule is CNC(=O)c1ccc(-c2ccc3c(c2)C(=O)N(CCO)C3=O)cc1C. The average molecular weight is 338 g/mol. The summed E-state index contributed by atoms with van der Waals surface area (Å²) in [6, 6.07) is 10.5. The second-order valence-electron chi connectivity index (χ2n) is 5.85. The van der Waals surface area contributed by atoms with Crippen molar-refractivity contribution in [2.24, 2.45) is 0 Å². The Bertz CT molecular complexity index is 889. The second kappa shape index (κ2) is 6.49. The molecule has 0 aromatic heterocycles. The van der Waals surface area contributed by atoms with E-state index in [0.717, 1.165) is 21.6 Å². The van der Waals surface area contributed by atoms with E-state index in [0.29, 0.717) is 16.7 Å². The first kappa shape index (κ1) is 16.9. The molecule has 2 N–H and O–H groups in total. The lowest BCUT2D eigenvalue weighted by atomic mass is 9.97. The fourth-order valence-corrected chi connectivity index (χ4v) is 3.01. The number of carbonyl (C=O) groups excluding carboxylic acids is 3. The van der Waals surface area contributed by atoms with E-state index < -0.39 is 5.91 Å². The lowest BCUT2D eigenvalue weighted by Crippen LogP contribution is -2.32. The first-order valence-electron chi connectivity index (χ1n) is 7.92. The topological polar surface area (TPSA) is 86.7 Å². The summed E-state index contributed by atoms with van der Waals surface area (Å²) in [7, 11) is 1.58. The lowest BCUT2D eigenvalue weighted by Gasteiger charge is -2.10. The second-order valence-corrected chi connectivity index (χ2v) is 5.85. The van der Waals surface area contributed by atoms with E-state index in [1.807, 2.05) is 19.1 Å². The molecule has 6 nitrogen and oxygen atoms in total. The van der Waals surface area contributed by atoms with Gasteiger partial charge < -0.3 is 10.4 Å². The molecule has 1 aliphatic heterocycles. The van der Waals surface area contributed by atoms with E-state index in [1.54, 1.807) is 31.3 Å². The molecule has 2 aromatic rings. The molecule has 0 radical (unpaired) electrons. The number of imide groups is 1. The van der Waals surface area contributed by atoms with Gasteiger partial charge in [0.2, 0.25) is 0 Å². The third kappa shape index (κ3) is 2.81. The van der Waals surface area contributed by atoms with Crippen molar-refractivity contribution in [2.75, 3.05) is 20.2 Å². The molecule has 0 aliphatic carbocycles. The molecule has 0 saturated carbocycles. The molecule has 1 aliphatic rings. The third-order valence-corrected chi connectivity index (χ3v) is 4.33. The van der Waals surface area contributed by atoms with Crippen LogP contribution in [0.4, 0.5) is 0 Å². The van der Waals surface area contributed by atoms with Gasteiger partial charge in [0.25, 0.3) is 17.7 Å². The Kier molecular flexibility index (Phi) is 4.37. The number of β-amino-alcohol motifs (C(OH)–C–C–N with tert-alkyl or cyclic N) is 1. The quantitative estimate of drug-likeness (QED) is 0.829. The number of amides is 3. The van der Waals surface area contributed by atoms with Gasteiger partial charge in [-0.15, -0.1) is 0 Å². The van der Waals surface area contributed by atoms with Gasteiger partial charge in [-0.3, -0.25) is 19.3 Å². The van der Waals surface area contributed by atoms with Crippen molar-refractivity contribution in [2.45, 2.75) is 6.92 Å². The number of benzene rings is 2. The Morgan fingerprint density at radius 1 is 1.04 bits per heavy atom. The maximum atomic E-state index is 12.4. The minimum absolute atomic E-state index is 0.0123.